The second kappa shape index (κ2) is 9.48. The highest BCUT2D eigenvalue weighted by molar-refractivity contribution is 6.31. The van der Waals surface area contributed by atoms with Gasteiger partial charge in [0.2, 0.25) is 0 Å². The lowest BCUT2D eigenvalue weighted by molar-refractivity contribution is -0.137. The van der Waals surface area contributed by atoms with E-state index in [1.54, 1.807) is 24.0 Å². The third kappa shape index (κ3) is 4.90. The molecule has 4 rings (SSSR count). The van der Waals surface area contributed by atoms with E-state index in [0.717, 1.165) is 11.8 Å². The van der Waals surface area contributed by atoms with Gasteiger partial charge in [-0.2, -0.15) is 13.2 Å². The quantitative estimate of drug-likeness (QED) is 0.547. The maximum atomic E-state index is 13.3. The average molecular weight is 487 g/mol. The highest BCUT2D eigenvalue weighted by atomic mass is 35.5. The number of carbonyl (C=O) groups is 1. The van der Waals surface area contributed by atoms with Gasteiger partial charge in [-0.3, -0.25) is 4.79 Å². The zero-order valence-corrected chi connectivity index (χ0v) is 18.4. The normalized spacial score (nSPS) is 14.2. The molecule has 1 fully saturated rings. The first kappa shape index (κ1) is 24.0. The number of anilines is 2. The van der Waals surface area contributed by atoms with E-state index in [1.165, 1.54) is 18.3 Å². The second-order valence-corrected chi connectivity index (χ2v) is 7.50. The molecule has 11 heteroatoms. The Bertz CT molecular complexity index is 1150. The molecule has 6 nitrogen and oxygen atoms in total. The van der Waals surface area contributed by atoms with Gasteiger partial charge in [-0.1, -0.05) is 11.6 Å². The van der Waals surface area contributed by atoms with Crippen LogP contribution < -0.4 is 5.32 Å². The lowest BCUT2D eigenvalue weighted by atomic mass is 10.1. The number of fused-ring (bicyclic) bond motifs is 1. The van der Waals surface area contributed by atoms with Gasteiger partial charge in [-0.25, -0.2) is 9.97 Å². The standard InChI is InChI=1S/C21H18ClF3N4O2.ClH/c1-12-2-4-14-18(28-13-3-5-17(22)16(10-13)21(23,24)25)15(11-26-19(14)27-12)20(30)29-6-8-31-9-7-29;/h2-5,10-11H,6-9H2,1H3,(H,26,27,28);1H. The van der Waals surface area contributed by atoms with Crippen molar-refractivity contribution in [2.45, 2.75) is 13.1 Å². The molecule has 170 valence electrons. The molecule has 2 aromatic heterocycles. The minimum absolute atomic E-state index is 0. The van der Waals surface area contributed by atoms with Gasteiger partial charge in [-0.05, 0) is 37.3 Å². The highest BCUT2D eigenvalue weighted by Gasteiger charge is 2.33. The van der Waals surface area contributed by atoms with Crippen molar-refractivity contribution in [3.05, 3.63) is 58.4 Å². The number of hydrogen-bond donors (Lipinski definition) is 1. The van der Waals surface area contributed by atoms with Crippen LogP contribution in [0.25, 0.3) is 11.0 Å². The number of benzene rings is 1. The molecule has 1 N–H and O–H groups in total. The maximum absolute atomic E-state index is 13.3. The van der Waals surface area contributed by atoms with Gasteiger partial charge < -0.3 is 15.0 Å². The molecule has 32 heavy (non-hydrogen) atoms. The predicted molar refractivity (Wildman–Crippen MR) is 118 cm³/mol. The van der Waals surface area contributed by atoms with Crippen LogP contribution in [-0.4, -0.2) is 47.1 Å². The summed E-state index contributed by atoms with van der Waals surface area (Å²) < 4.78 is 45.2. The van der Waals surface area contributed by atoms with E-state index in [0.29, 0.717) is 43.0 Å². The monoisotopic (exact) mass is 486 g/mol. The summed E-state index contributed by atoms with van der Waals surface area (Å²) in [4.78, 5) is 23.5. The predicted octanol–water partition coefficient (Wildman–Crippen LogP) is 5.25. The number of alkyl halides is 3. The van der Waals surface area contributed by atoms with Crippen molar-refractivity contribution in [3.63, 3.8) is 0 Å². The first-order chi connectivity index (χ1) is 14.7. The van der Waals surface area contributed by atoms with Crippen LogP contribution >= 0.6 is 24.0 Å². The number of halogens is 5. The van der Waals surface area contributed by atoms with Gasteiger partial charge in [0.25, 0.3) is 5.91 Å². The number of nitrogens with zero attached hydrogens (tertiary/aromatic N) is 3. The lowest BCUT2D eigenvalue weighted by Crippen LogP contribution is -2.41. The largest absolute Gasteiger partial charge is 0.417 e. The summed E-state index contributed by atoms with van der Waals surface area (Å²) >= 11 is 5.74. The molecule has 0 bridgehead atoms. The zero-order chi connectivity index (χ0) is 22.2. The summed E-state index contributed by atoms with van der Waals surface area (Å²) in [7, 11) is 0. The molecule has 3 heterocycles. The van der Waals surface area contributed by atoms with E-state index in [9.17, 15) is 18.0 Å². The Kier molecular flexibility index (Phi) is 7.12. The fourth-order valence-electron chi connectivity index (χ4n) is 3.37. The van der Waals surface area contributed by atoms with Crippen LogP contribution in [0.5, 0.6) is 0 Å². The van der Waals surface area contributed by atoms with Gasteiger partial charge in [0.05, 0.1) is 35.1 Å². The van der Waals surface area contributed by atoms with E-state index in [-0.39, 0.29) is 29.6 Å². The van der Waals surface area contributed by atoms with Crippen LogP contribution in [0.15, 0.2) is 36.5 Å². The molecule has 0 spiro atoms. The number of nitrogens with one attached hydrogen (secondary N) is 1. The molecule has 0 aliphatic carbocycles. The van der Waals surface area contributed by atoms with E-state index >= 15 is 0 Å². The summed E-state index contributed by atoms with van der Waals surface area (Å²) in [5, 5.41) is 3.10. The summed E-state index contributed by atoms with van der Waals surface area (Å²) in [5.41, 5.74) is 0.858. The van der Waals surface area contributed by atoms with Crippen molar-refractivity contribution in [2.24, 2.45) is 0 Å². The second-order valence-electron chi connectivity index (χ2n) is 7.09. The summed E-state index contributed by atoms with van der Waals surface area (Å²) in [6.45, 7) is 3.48. The van der Waals surface area contributed by atoms with Crippen LogP contribution in [0.2, 0.25) is 5.02 Å². The number of carbonyl (C=O) groups excluding carboxylic acids is 1. The molecule has 1 aliphatic rings. The smallest absolute Gasteiger partial charge is 0.378 e. The number of ether oxygens (including phenoxy) is 1. The van der Waals surface area contributed by atoms with Gasteiger partial charge in [-0.15, -0.1) is 12.4 Å². The van der Waals surface area contributed by atoms with E-state index in [4.69, 9.17) is 16.3 Å². The third-order valence-corrected chi connectivity index (χ3v) is 5.27. The number of aromatic nitrogens is 2. The van der Waals surface area contributed by atoms with Crippen molar-refractivity contribution in [3.8, 4) is 0 Å². The van der Waals surface area contributed by atoms with Crippen LogP contribution in [0.4, 0.5) is 24.5 Å². The molecule has 0 atom stereocenters. The number of morpholine rings is 1. The molecule has 1 amide bonds. The summed E-state index contributed by atoms with van der Waals surface area (Å²) in [6.07, 6.45) is -3.21. The Morgan fingerprint density at radius 1 is 1.19 bits per heavy atom. The molecule has 0 saturated carbocycles. The summed E-state index contributed by atoms with van der Waals surface area (Å²) in [5.74, 6) is -0.286. The van der Waals surface area contributed by atoms with Crippen molar-refractivity contribution in [1.29, 1.82) is 0 Å². The molecule has 1 aliphatic heterocycles. The van der Waals surface area contributed by atoms with Crippen molar-refractivity contribution < 1.29 is 22.7 Å². The lowest BCUT2D eigenvalue weighted by Gasteiger charge is -2.28. The van der Waals surface area contributed by atoms with Gasteiger partial charge in [0.1, 0.15) is 0 Å². The topological polar surface area (TPSA) is 67.4 Å². The SMILES string of the molecule is Cc1ccc2c(Nc3ccc(Cl)c(C(F)(F)F)c3)c(C(=O)N3CCOCC3)cnc2n1.Cl. The van der Waals surface area contributed by atoms with Crippen LogP contribution in [-0.2, 0) is 10.9 Å². The van der Waals surface area contributed by atoms with Gasteiger partial charge >= 0.3 is 6.18 Å². The first-order valence-corrected chi connectivity index (χ1v) is 9.89. The van der Waals surface area contributed by atoms with Crippen LogP contribution in [0.3, 0.4) is 0 Å². The van der Waals surface area contributed by atoms with Crippen molar-refractivity contribution in [1.82, 2.24) is 14.9 Å². The van der Waals surface area contributed by atoms with E-state index in [2.05, 4.69) is 15.3 Å². The number of amides is 1. The molecule has 1 saturated heterocycles. The molecule has 0 unspecified atom stereocenters. The maximum Gasteiger partial charge on any atom is 0.417 e. The number of aryl methyl sites for hydroxylation is 1. The van der Waals surface area contributed by atoms with E-state index < -0.39 is 16.8 Å². The Morgan fingerprint density at radius 3 is 2.59 bits per heavy atom. The fraction of sp³-hybridized carbons (Fsp3) is 0.286. The zero-order valence-electron chi connectivity index (χ0n) is 16.9. The average Bonchev–Trinajstić information content (AvgIpc) is 2.74. The number of hydrogen-bond acceptors (Lipinski definition) is 5. The van der Waals surface area contributed by atoms with Crippen molar-refractivity contribution in [2.75, 3.05) is 31.6 Å². The fourth-order valence-corrected chi connectivity index (χ4v) is 3.59. The molecular weight excluding hydrogens is 468 g/mol. The molecular formula is C21H19Cl2F3N4O2. The first-order valence-electron chi connectivity index (χ1n) is 9.51. The third-order valence-electron chi connectivity index (χ3n) is 4.94. The molecule has 1 aromatic carbocycles. The van der Waals surface area contributed by atoms with E-state index in [1.807, 2.05) is 0 Å². The Labute approximate surface area is 193 Å². The highest BCUT2D eigenvalue weighted by Crippen LogP contribution is 2.38. The number of pyridine rings is 2. The van der Waals surface area contributed by atoms with Crippen molar-refractivity contribution >= 4 is 52.3 Å². The minimum atomic E-state index is -4.61. The Hall–Kier alpha value is -2.62. The number of rotatable bonds is 3. The molecule has 3 aromatic rings. The van der Waals surface area contributed by atoms with Crippen LogP contribution in [0.1, 0.15) is 21.6 Å². The summed E-state index contributed by atoms with van der Waals surface area (Å²) in [6, 6.07) is 7.00. The molecule has 0 radical (unpaired) electrons. The van der Waals surface area contributed by atoms with Crippen LogP contribution in [0, 0.1) is 6.92 Å². The Balaban J connectivity index is 0.00000289. The minimum Gasteiger partial charge on any atom is -0.378 e. The van der Waals surface area contributed by atoms with Gasteiger partial charge in [0.15, 0.2) is 5.65 Å². The Morgan fingerprint density at radius 2 is 1.91 bits per heavy atom. The van der Waals surface area contributed by atoms with Gasteiger partial charge in [0, 0.05) is 36.1 Å².